The van der Waals surface area contributed by atoms with E-state index in [0.717, 1.165) is 37.8 Å². The molecule has 1 aliphatic heterocycles. The Kier molecular flexibility index (Phi) is 8.55. The van der Waals surface area contributed by atoms with Crippen LogP contribution in [-0.2, 0) is 11.2 Å². The number of piperidine rings is 1. The summed E-state index contributed by atoms with van der Waals surface area (Å²) in [4.78, 5) is 12.0. The lowest BCUT2D eigenvalue weighted by Gasteiger charge is -2.30. The van der Waals surface area contributed by atoms with Crippen molar-refractivity contribution in [2.24, 2.45) is 0 Å². The molecular formula is C16H23Cl3N2O. The van der Waals surface area contributed by atoms with Crippen molar-refractivity contribution in [1.29, 1.82) is 0 Å². The molecule has 0 aromatic heterocycles. The molecule has 1 saturated heterocycles. The molecule has 124 valence electrons. The second kappa shape index (κ2) is 9.61. The minimum atomic E-state index is 0. The minimum absolute atomic E-state index is 0. The first-order chi connectivity index (χ1) is 10.1. The standard InChI is InChI=1S/C16H22Cl2N2O.ClH/c1-11-15(5-3-9-19-11)20-16(21)6-2-4-12-7-8-13(17)14(18)10-12;/h7-8,10-11,15,19H,2-6,9H2,1H3,(H,20,21);1H. The Balaban J connectivity index is 0.00000242. The highest BCUT2D eigenvalue weighted by molar-refractivity contribution is 6.42. The van der Waals surface area contributed by atoms with E-state index in [1.54, 1.807) is 6.07 Å². The number of aryl methyl sites for hydroxylation is 1. The zero-order valence-electron chi connectivity index (χ0n) is 12.7. The Hall–Kier alpha value is -0.480. The first-order valence-electron chi connectivity index (χ1n) is 7.53. The number of carbonyl (C=O) groups is 1. The highest BCUT2D eigenvalue weighted by atomic mass is 35.5. The minimum Gasteiger partial charge on any atom is -0.352 e. The first kappa shape index (κ1) is 19.6. The summed E-state index contributed by atoms with van der Waals surface area (Å²) in [6, 6.07) is 6.25. The largest absolute Gasteiger partial charge is 0.352 e. The van der Waals surface area contributed by atoms with Gasteiger partial charge in [-0.05, 0) is 56.8 Å². The molecule has 2 atom stereocenters. The summed E-state index contributed by atoms with van der Waals surface area (Å²) < 4.78 is 0. The van der Waals surface area contributed by atoms with E-state index in [1.807, 2.05) is 12.1 Å². The van der Waals surface area contributed by atoms with Gasteiger partial charge in [-0.1, -0.05) is 29.3 Å². The molecule has 1 fully saturated rings. The van der Waals surface area contributed by atoms with Crippen LogP contribution in [0.5, 0.6) is 0 Å². The molecule has 1 amide bonds. The smallest absolute Gasteiger partial charge is 0.220 e. The van der Waals surface area contributed by atoms with Crippen LogP contribution in [-0.4, -0.2) is 24.5 Å². The molecule has 0 radical (unpaired) electrons. The maximum absolute atomic E-state index is 12.0. The second-order valence-electron chi connectivity index (χ2n) is 5.66. The maximum atomic E-state index is 12.0. The van der Waals surface area contributed by atoms with E-state index in [2.05, 4.69) is 17.6 Å². The van der Waals surface area contributed by atoms with Gasteiger partial charge in [0.15, 0.2) is 0 Å². The predicted molar refractivity (Wildman–Crippen MR) is 95.3 cm³/mol. The molecule has 0 bridgehead atoms. The van der Waals surface area contributed by atoms with Crippen LogP contribution in [0.25, 0.3) is 0 Å². The quantitative estimate of drug-likeness (QED) is 0.828. The average Bonchev–Trinajstić information content (AvgIpc) is 2.45. The van der Waals surface area contributed by atoms with Gasteiger partial charge in [-0.15, -0.1) is 12.4 Å². The van der Waals surface area contributed by atoms with E-state index >= 15 is 0 Å². The van der Waals surface area contributed by atoms with E-state index in [0.29, 0.717) is 22.5 Å². The number of hydrogen-bond donors (Lipinski definition) is 2. The summed E-state index contributed by atoms with van der Waals surface area (Å²) in [5, 5.41) is 7.65. The van der Waals surface area contributed by atoms with Gasteiger partial charge in [0.2, 0.25) is 5.91 Å². The van der Waals surface area contributed by atoms with Gasteiger partial charge in [0.1, 0.15) is 0 Å². The molecule has 1 heterocycles. The van der Waals surface area contributed by atoms with Crippen LogP contribution in [0.4, 0.5) is 0 Å². The Bertz CT molecular complexity index is 496. The Morgan fingerprint density at radius 3 is 2.82 bits per heavy atom. The molecule has 0 aliphatic carbocycles. The van der Waals surface area contributed by atoms with Crippen molar-refractivity contribution in [1.82, 2.24) is 10.6 Å². The van der Waals surface area contributed by atoms with E-state index in [-0.39, 0.29) is 24.4 Å². The van der Waals surface area contributed by atoms with Gasteiger partial charge >= 0.3 is 0 Å². The SMILES string of the molecule is CC1NCCCC1NC(=O)CCCc1ccc(Cl)c(Cl)c1.Cl. The van der Waals surface area contributed by atoms with Gasteiger partial charge in [-0.25, -0.2) is 0 Å². The number of rotatable bonds is 5. The fourth-order valence-electron chi connectivity index (χ4n) is 2.67. The van der Waals surface area contributed by atoms with Crippen molar-refractivity contribution in [2.75, 3.05) is 6.54 Å². The van der Waals surface area contributed by atoms with Gasteiger partial charge in [0, 0.05) is 18.5 Å². The fraction of sp³-hybridized carbons (Fsp3) is 0.562. The van der Waals surface area contributed by atoms with Crippen LogP contribution in [0, 0.1) is 0 Å². The van der Waals surface area contributed by atoms with Crippen molar-refractivity contribution in [3.05, 3.63) is 33.8 Å². The third-order valence-electron chi connectivity index (χ3n) is 3.96. The van der Waals surface area contributed by atoms with E-state index in [9.17, 15) is 4.79 Å². The number of halogens is 3. The molecule has 0 spiro atoms. The zero-order chi connectivity index (χ0) is 15.2. The molecule has 0 saturated carbocycles. The van der Waals surface area contributed by atoms with Crippen LogP contribution >= 0.6 is 35.6 Å². The molecular weight excluding hydrogens is 343 g/mol. The lowest BCUT2D eigenvalue weighted by atomic mass is 9.99. The first-order valence-corrected chi connectivity index (χ1v) is 8.28. The van der Waals surface area contributed by atoms with Gasteiger partial charge in [0.25, 0.3) is 0 Å². The van der Waals surface area contributed by atoms with Crippen molar-refractivity contribution >= 4 is 41.5 Å². The Labute approximate surface area is 148 Å². The van der Waals surface area contributed by atoms with Crippen LogP contribution in [0.2, 0.25) is 10.0 Å². The van der Waals surface area contributed by atoms with Gasteiger partial charge in [-0.2, -0.15) is 0 Å². The van der Waals surface area contributed by atoms with Gasteiger partial charge in [0.05, 0.1) is 10.0 Å². The summed E-state index contributed by atoms with van der Waals surface area (Å²) in [6.45, 7) is 3.17. The summed E-state index contributed by atoms with van der Waals surface area (Å²) in [5.74, 6) is 0.135. The predicted octanol–water partition coefficient (Wildman–Crippen LogP) is 3.99. The van der Waals surface area contributed by atoms with Crippen LogP contribution < -0.4 is 10.6 Å². The third kappa shape index (κ3) is 5.96. The van der Waals surface area contributed by atoms with Crippen molar-refractivity contribution in [3.8, 4) is 0 Å². The average molecular weight is 366 g/mol. The molecule has 3 nitrogen and oxygen atoms in total. The second-order valence-corrected chi connectivity index (χ2v) is 6.48. The topological polar surface area (TPSA) is 41.1 Å². The number of amides is 1. The molecule has 2 N–H and O–H groups in total. The molecule has 1 aromatic rings. The molecule has 22 heavy (non-hydrogen) atoms. The summed E-state index contributed by atoms with van der Waals surface area (Å²) in [5.41, 5.74) is 1.12. The number of carbonyl (C=O) groups excluding carboxylic acids is 1. The van der Waals surface area contributed by atoms with Crippen molar-refractivity contribution in [2.45, 2.75) is 51.1 Å². The van der Waals surface area contributed by atoms with Gasteiger partial charge in [-0.3, -0.25) is 4.79 Å². The molecule has 2 unspecified atom stereocenters. The molecule has 6 heteroatoms. The van der Waals surface area contributed by atoms with Gasteiger partial charge < -0.3 is 10.6 Å². The third-order valence-corrected chi connectivity index (χ3v) is 4.70. The van der Waals surface area contributed by atoms with E-state index < -0.39 is 0 Å². The highest BCUT2D eigenvalue weighted by Crippen LogP contribution is 2.23. The van der Waals surface area contributed by atoms with Crippen molar-refractivity contribution in [3.63, 3.8) is 0 Å². The number of nitrogens with one attached hydrogen (secondary N) is 2. The van der Waals surface area contributed by atoms with Crippen LogP contribution in [0.15, 0.2) is 18.2 Å². The fourth-order valence-corrected chi connectivity index (χ4v) is 2.99. The molecule has 1 aromatic carbocycles. The molecule has 2 rings (SSSR count). The lowest BCUT2D eigenvalue weighted by Crippen LogP contribution is -2.51. The van der Waals surface area contributed by atoms with Crippen molar-refractivity contribution < 1.29 is 4.79 Å². The van der Waals surface area contributed by atoms with Crippen LogP contribution in [0.3, 0.4) is 0 Å². The lowest BCUT2D eigenvalue weighted by molar-refractivity contribution is -0.122. The van der Waals surface area contributed by atoms with E-state index in [1.165, 1.54) is 0 Å². The Morgan fingerprint density at radius 1 is 1.36 bits per heavy atom. The normalized spacial score (nSPS) is 21.0. The van der Waals surface area contributed by atoms with Crippen LogP contribution in [0.1, 0.15) is 38.2 Å². The number of hydrogen-bond acceptors (Lipinski definition) is 2. The highest BCUT2D eigenvalue weighted by Gasteiger charge is 2.21. The summed E-state index contributed by atoms with van der Waals surface area (Å²) in [6.07, 6.45) is 4.38. The molecule has 1 aliphatic rings. The monoisotopic (exact) mass is 364 g/mol. The Morgan fingerprint density at radius 2 is 2.14 bits per heavy atom. The van der Waals surface area contributed by atoms with E-state index in [4.69, 9.17) is 23.2 Å². The summed E-state index contributed by atoms with van der Waals surface area (Å²) >= 11 is 11.9. The summed E-state index contributed by atoms with van der Waals surface area (Å²) in [7, 11) is 0. The number of benzene rings is 1. The maximum Gasteiger partial charge on any atom is 0.220 e. The zero-order valence-corrected chi connectivity index (χ0v) is 15.0.